The number of hydrogen-bond donors (Lipinski definition) is 2. The van der Waals surface area contributed by atoms with Crippen LogP contribution in [0.15, 0.2) is 12.5 Å². The lowest BCUT2D eigenvalue weighted by molar-refractivity contribution is 0.00578. The second kappa shape index (κ2) is 5.31. The van der Waals surface area contributed by atoms with Gasteiger partial charge >= 0.3 is 7.12 Å². The van der Waals surface area contributed by atoms with Gasteiger partial charge in [0, 0.05) is 17.7 Å². The molecule has 1 aliphatic rings. The van der Waals surface area contributed by atoms with Gasteiger partial charge in [0.25, 0.3) is 0 Å². The normalized spacial score (nSPS) is 21.8. The van der Waals surface area contributed by atoms with Gasteiger partial charge in [-0.25, -0.2) is 9.97 Å². The summed E-state index contributed by atoms with van der Waals surface area (Å²) in [7, 11) is -0.519. The Morgan fingerprint density at radius 1 is 1.30 bits per heavy atom. The average Bonchev–Trinajstić information content (AvgIpc) is 2.59. The molecule has 0 unspecified atom stereocenters. The first-order valence-corrected chi connectivity index (χ1v) is 6.80. The Labute approximate surface area is 120 Å². The van der Waals surface area contributed by atoms with Gasteiger partial charge in [0.05, 0.1) is 17.8 Å². The van der Waals surface area contributed by atoms with Crippen molar-refractivity contribution in [3.63, 3.8) is 0 Å². The molecule has 2 heterocycles. The minimum Gasteiger partial charge on any atom is -0.399 e. The van der Waals surface area contributed by atoms with Crippen LogP contribution in [-0.4, -0.2) is 46.0 Å². The Hall–Kier alpha value is -1.18. The Kier molecular flexibility index (Phi) is 4.04. The standard InChI is InChI=1S/C13H22BN3O3/c1-9(7-18)17-11-10(6-15-8-16-11)14-19-12(2,3)13(4,5)20-14/h6,8-9,18H,7H2,1-5H3,(H,15,16,17)/t9-/m1/s1. The van der Waals surface area contributed by atoms with Gasteiger partial charge in [0.2, 0.25) is 0 Å². The fourth-order valence-electron chi connectivity index (χ4n) is 1.88. The molecule has 110 valence electrons. The summed E-state index contributed by atoms with van der Waals surface area (Å²) in [4.78, 5) is 8.26. The van der Waals surface area contributed by atoms with Crippen molar-refractivity contribution in [2.45, 2.75) is 51.9 Å². The van der Waals surface area contributed by atoms with Crippen LogP contribution < -0.4 is 10.8 Å². The van der Waals surface area contributed by atoms with Gasteiger partial charge in [0.1, 0.15) is 12.1 Å². The zero-order valence-electron chi connectivity index (χ0n) is 12.7. The number of aliphatic hydroxyl groups excluding tert-OH is 1. The van der Waals surface area contributed by atoms with Crippen LogP contribution >= 0.6 is 0 Å². The van der Waals surface area contributed by atoms with E-state index in [1.807, 2.05) is 34.6 Å². The molecule has 0 radical (unpaired) electrons. The molecule has 6 nitrogen and oxygen atoms in total. The highest BCUT2D eigenvalue weighted by Gasteiger charge is 2.52. The van der Waals surface area contributed by atoms with Crippen LogP contribution in [0.4, 0.5) is 5.82 Å². The average molecular weight is 279 g/mol. The third-order valence-electron chi connectivity index (χ3n) is 3.90. The maximum absolute atomic E-state index is 9.15. The molecular weight excluding hydrogens is 257 g/mol. The van der Waals surface area contributed by atoms with E-state index in [2.05, 4.69) is 15.3 Å². The lowest BCUT2D eigenvalue weighted by atomic mass is 9.80. The van der Waals surface area contributed by atoms with Crippen molar-refractivity contribution in [1.29, 1.82) is 0 Å². The summed E-state index contributed by atoms with van der Waals surface area (Å²) < 4.78 is 12.0. The summed E-state index contributed by atoms with van der Waals surface area (Å²) in [6.07, 6.45) is 3.14. The molecule has 0 aliphatic carbocycles. The first-order chi connectivity index (χ1) is 9.27. The van der Waals surface area contributed by atoms with Crippen LogP contribution in [0, 0.1) is 0 Å². The molecule has 0 amide bonds. The number of anilines is 1. The van der Waals surface area contributed by atoms with Crippen molar-refractivity contribution in [3.05, 3.63) is 12.5 Å². The summed E-state index contributed by atoms with van der Waals surface area (Å²) in [5, 5.41) is 12.3. The zero-order chi connectivity index (χ0) is 15.0. The molecule has 1 aromatic heterocycles. The first-order valence-electron chi connectivity index (χ1n) is 6.80. The van der Waals surface area contributed by atoms with E-state index >= 15 is 0 Å². The molecular formula is C13H22BN3O3. The van der Waals surface area contributed by atoms with E-state index in [4.69, 9.17) is 14.4 Å². The molecule has 0 spiro atoms. The van der Waals surface area contributed by atoms with E-state index in [9.17, 15) is 0 Å². The Morgan fingerprint density at radius 3 is 2.45 bits per heavy atom. The highest BCUT2D eigenvalue weighted by atomic mass is 16.7. The Morgan fingerprint density at radius 2 is 1.90 bits per heavy atom. The van der Waals surface area contributed by atoms with Crippen LogP contribution in [0.5, 0.6) is 0 Å². The van der Waals surface area contributed by atoms with E-state index in [0.717, 1.165) is 5.46 Å². The van der Waals surface area contributed by atoms with E-state index in [0.29, 0.717) is 5.82 Å². The third kappa shape index (κ3) is 2.80. The summed E-state index contributed by atoms with van der Waals surface area (Å²) in [6.45, 7) is 9.89. The topological polar surface area (TPSA) is 76.5 Å². The molecule has 1 fully saturated rings. The first kappa shape index (κ1) is 15.2. The quantitative estimate of drug-likeness (QED) is 0.785. The van der Waals surface area contributed by atoms with E-state index in [-0.39, 0.29) is 12.6 Å². The van der Waals surface area contributed by atoms with Gasteiger partial charge in [-0.15, -0.1) is 0 Å². The lowest BCUT2D eigenvalue weighted by Crippen LogP contribution is -2.41. The van der Waals surface area contributed by atoms with Gasteiger partial charge in [-0.3, -0.25) is 0 Å². The van der Waals surface area contributed by atoms with E-state index in [1.165, 1.54) is 6.33 Å². The Bertz CT molecular complexity index is 466. The van der Waals surface area contributed by atoms with Crippen molar-refractivity contribution >= 4 is 18.4 Å². The van der Waals surface area contributed by atoms with Crippen LogP contribution in [0.25, 0.3) is 0 Å². The highest BCUT2D eigenvalue weighted by molar-refractivity contribution is 6.63. The van der Waals surface area contributed by atoms with Crippen molar-refractivity contribution < 1.29 is 14.4 Å². The van der Waals surface area contributed by atoms with E-state index in [1.54, 1.807) is 6.20 Å². The molecule has 1 aliphatic heterocycles. The number of hydrogen-bond acceptors (Lipinski definition) is 6. The Balaban J connectivity index is 2.26. The second-order valence-electron chi connectivity index (χ2n) is 6.14. The largest absolute Gasteiger partial charge is 0.500 e. The van der Waals surface area contributed by atoms with Crippen LogP contribution in [-0.2, 0) is 9.31 Å². The lowest BCUT2D eigenvalue weighted by Gasteiger charge is -2.32. The van der Waals surface area contributed by atoms with Crippen LogP contribution in [0.3, 0.4) is 0 Å². The molecule has 1 aromatic rings. The number of nitrogens with zero attached hydrogens (tertiary/aromatic N) is 2. The fraction of sp³-hybridized carbons (Fsp3) is 0.692. The smallest absolute Gasteiger partial charge is 0.399 e. The van der Waals surface area contributed by atoms with Crippen molar-refractivity contribution in [2.75, 3.05) is 11.9 Å². The van der Waals surface area contributed by atoms with E-state index < -0.39 is 18.3 Å². The number of aromatic nitrogens is 2. The SMILES string of the molecule is C[C@H](CO)Nc1ncncc1B1OC(C)(C)C(C)(C)O1. The van der Waals surface area contributed by atoms with Crippen LogP contribution in [0.1, 0.15) is 34.6 Å². The molecule has 2 rings (SSSR count). The minimum atomic E-state index is -0.519. The summed E-state index contributed by atoms with van der Waals surface area (Å²) in [6, 6.07) is -0.105. The molecule has 1 saturated heterocycles. The van der Waals surface area contributed by atoms with Gasteiger partial charge in [-0.2, -0.15) is 0 Å². The number of rotatable bonds is 4. The molecule has 2 N–H and O–H groups in total. The predicted molar refractivity (Wildman–Crippen MR) is 77.9 cm³/mol. The highest BCUT2D eigenvalue weighted by Crippen LogP contribution is 2.36. The zero-order valence-corrected chi connectivity index (χ0v) is 12.7. The van der Waals surface area contributed by atoms with Crippen molar-refractivity contribution in [2.24, 2.45) is 0 Å². The third-order valence-corrected chi connectivity index (χ3v) is 3.90. The van der Waals surface area contributed by atoms with Gasteiger partial charge in [-0.1, -0.05) is 0 Å². The molecule has 7 heteroatoms. The predicted octanol–water partition coefficient (Wildman–Crippen LogP) is 0.568. The molecule has 1 atom stereocenters. The molecule has 20 heavy (non-hydrogen) atoms. The molecule has 0 bridgehead atoms. The maximum atomic E-state index is 9.15. The van der Waals surface area contributed by atoms with Crippen LogP contribution in [0.2, 0.25) is 0 Å². The maximum Gasteiger partial charge on any atom is 0.500 e. The fourth-order valence-corrected chi connectivity index (χ4v) is 1.88. The van der Waals surface area contributed by atoms with Gasteiger partial charge in [-0.05, 0) is 34.6 Å². The summed E-state index contributed by atoms with van der Waals surface area (Å²) in [5.41, 5.74) is -0.0766. The number of aliphatic hydroxyl groups is 1. The molecule has 0 saturated carbocycles. The van der Waals surface area contributed by atoms with Gasteiger partial charge in [0.15, 0.2) is 0 Å². The number of nitrogens with one attached hydrogen (secondary N) is 1. The minimum absolute atomic E-state index is 0.0206. The second-order valence-corrected chi connectivity index (χ2v) is 6.14. The van der Waals surface area contributed by atoms with Gasteiger partial charge < -0.3 is 19.7 Å². The molecule has 0 aromatic carbocycles. The summed E-state index contributed by atoms with van der Waals surface area (Å²) in [5.74, 6) is 0.625. The van der Waals surface area contributed by atoms with Crippen molar-refractivity contribution in [1.82, 2.24) is 9.97 Å². The summed E-state index contributed by atoms with van der Waals surface area (Å²) >= 11 is 0. The van der Waals surface area contributed by atoms with Crippen molar-refractivity contribution in [3.8, 4) is 0 Å². The monoisotopic (exact) mass is 279 g/mol.